The summed E-state index contributed by atoms with van der Waals surface area (Å²) in [4.78, 5) is 10.5. The van der Waals surface area contributed by atoms with E-state index in [2.05, 4.69) is 168 Å². The molecule has 3 aromatic heterocycles. The van der Waals surface area contributed by atoms with E-state index in [1.807, 2.05) is 18.2 Å². The Morgan fingerprint density at radius 2 is 1.33 bits per heavy atom. The molecule has 6 nitrogen and oxygen atoms in total. The minimum atomic E-state index is -0.453. The summed E-state index contributed by atoms with van der Waals surface area (Å²) >= 11 is 0. The van der Waals surface area contributed by atoms with Gasteiger partial charge in [0.05, 0.1) is 22.1 Å². The van der Waals surface area contributed by atoms with Gasteiger partial charge in [-0.15, -0.1) is 0 Å². The van der Waals surface area contributed by atoms with Gasteiger partial charge in [-0.2, -0.15) is 0 Å². The summed E-state index contributed by atoms with van der Waals surface area (Å²) in [5.41, 5.74) is 10.8. The van der Waals surface area contributed by atoms with Gasteiger partial charge in [0.25, 0.3) is 0 Å². The van der Waals surface area contributed by atoms with Crippen LogP contribution < -0.4 is 5.32 Å². The lowest BCUT2D eigenvalue weighted by molar-refractivity contribution is 0.628. The van der Waals surface area contributed by atoms with Crippen molar-refractivity contribution in [3.8, 4) is 5.69 Å². The molecule has 12 rings (SSSR count). The molecule has 0 amide bonds. The van der Waals surface area contributed by atoms with Crippen molar-refractivity contribution in [3.05, 3.63) is 198 Å². The fourth-order valence-corrected chi connectivity index (χ4v) is 8.93. The molecule has 1 N–H and O–H groups in total. The lowest BCUT2D eigenvalue weighted by atomic mass is 9.91. The van der Waals surface area contributed by atoms with Gasteiger partial charge >= 0.3 is 0 Å². The molecule has 7 aromatic carbocycles. The first-order valence-corrected chi connectivity index (χ1v) is 19.5. The van der Waals surface area contributed by atoms with Crippen molar-refractivity contribution < 1.29 is 8.83 Å². The van der Waals surface area contributed by atoms with Crippen molar-refractivity contribution in [1.29, 1.82) is 0 Å². The largest absolute Gasteiger partial charge is 0.456 e. The van der Waals surface area contributed by atoms with Crippen LogP contribution >= 0.6 is 0 Å². The number of nitrogens with zero attached hydrogens (tertiary/aromatic N) is 3. The first-order chi connectivity index (χ1) is 28.2. The maximum Gasteiger partial charge on any atom is 0.159 e. The van der Waals surface area contributed by atoms with Crippen LogP contribution in [0.2, 0.25) is 0 Å². The first kappa shape index (κ1) is 31.9. The molecule has 4 heterocycles. The van der Waals surface area contributed by atoms with Crippen molar-refractivity contribution in [2.45, 2.75) is 18.5 Å². The highest BCUT2D eigenvalue weighted by Gasteiger charge is 2.26. The third kappa shape index (κ3) is 5.04. The summed E-state index contributed by atoms with van der Waals surface area (Å²) in [6.45, 7) is 0. The summed E-state index contributed by atoms with van der Waals surface area (Å²) in [7, 11) is 0. The Balaban J connectivity index is 1.01. The molecule has 0 saturated heterocycles. The van der Waals surface area contributed by atoms with Gasteiger partial charge in [-0.3, -0.25) is 0 Å². The van der Waals surface area contributed by atoms with Crippen molar-refractivity contribution in [1.82, 2.24) is 9.88 Å². The van der Waals surface area contributed by atoms with E-state index in [1.54, 1.807) is 0 Å². The summed E-state index contributed by atoms with van der Waals surface area (Å²) in [6, 6.07) is 53.1. The number of fused-ring (bicyclic) bond motifs is 9. The fourth-order valence-electron chi connectivity index (χ4n) is 8.93. The lowest BCUT2D eigenvalue weighted by Crippen LogP contribution is -2.33. The van der Waals surface area contributed by atoms with Crippen LogP contribution in [0.15, 0.2) is 195 Å². The van der Waals surface area contributed by atoms with Gasteiger partial charge in [0.15, 0.2) is 12.0 Å². The van der Waals surface area contributed by atoms with Crippen LogP contribution in [0.4, 0.5) is 0 Å². The van der Waals surface area contributed by atoms with Crippen LogP contribution in [0.5, 0.6) is 0 Å². The molecule has 1 aliphatic carbocycles. The molecular formula is C51H34N4O2. The van der Waals surface area contributed by atoms with E-state index in [9.17, 15) is 0 Å². The van der Waals surface area contributed by atoms with Crippen LogP contribution in [0.1, 0.15) is 40.8 Å². The highest BCUT2D eigenvalue weighted by molar-refractivity contribution is 6.17. The summed E-state index contributed by atoms with van der Waals surface area (Å²) in [6.07, 6.45) is 9.24. The predicted molar refractivity (Wildman–Crippen MR) is 233 cm³/mol. The number of aliphatic imine (C=N–C) groups is 2. The van der Waals surface area contributed by atoms with E-state index in [0.29, 0.717) is 17.6 Å². The third-order valence-electron chi connectivity index (χ3n) is 11.6. The highest BCUT2D eigenvalue weighted by atomic mass is 16.3. The summed E-state index contributed by atoms with van der Waals surface area (Å²) in [5.74, 6) is 1.69. The number of nitrogens with one attached hydrogen (secondary N) is 1. The van der Waals surface area contributed by atoms with E-state index in [0.717, 1.165) is 83.7 Å². The van der Waals surface area contributed by atoms with Crippen LogP contribution in [0.25, 0.3) is 71.4 Å². The van der Waals surface area contributed by atoms with Gasteiger partial charge in [0.1, 0.15) is 28.2 Å². The van der Waals surface area contributed by atoms with Crippen molar-refractivity contribution in [2.24, 2.45) is 9.98 Å². The second-order valence-corrected chi connectivity index (χ2v) is 14.9. The van der Waals surface area contributed by atoms with Crippen molar-refractivity contribution >= 4 is 77.4 Å². The van der Waals surface area contributed by atoms with E-state index in [4.69, 9.17) is 18.8 Å². The van der Waals surface area contributed by atoms with Gasteiger partial charge in [-0.25, -0.2) is 9.98 Å². The number of hydrogen-bond donors (Lipinski definition) is 1. The fraction of sp³-hybridized carbons (Fsp3) is 0.0588. The van der Waals surface area contributed by atoms with Gasteiger partial charge in [-0.05, 0) is 60.5 Å². The standard InChI is InChI=1S/C51H34N4O2/c1-2-13-31(14-3-1)32-15-10-16-33(29-32)49-52-50(54-51(53-49)40-21-11-20-38-37-19-6-9-25-44(37)57-48(38)40)34-27-28-39-46(30-34)56-45-26-12-24-43(47(39)45)55-41-22-7-4-17-35(41)36-18-5-8-23-42(36)55/h1-13,15-31,51H,14H2,(H,52,53,54). The van der Waals surface area contributed by atoms with E-state index in [-0.39, 0.29) is 0 Å². The number of furan rings is 2. The second kappa shape index (κ2) is 12.5. The Labute approximate surface area is 327 Å². The molecule has 0 saturated carbocycles. The average molecular weight is 735 g/mol. The molecule has 0 fully saturated rings. The maximum atomic E-state index is 6.69. The van der Waals surface area contributed by atoms with Gasteiger partial charge in [0.2, 0.25) is 0 Å². The van der Waals surface area contributed by atoms with E-state index < -0.39 is 6.17 Å². The number of para-hydroxylation sites is 4. The van der Waals surface area contributed by atoms with Crippen LogP contribution in [0.3, 0.4) is 0 Å². The van der Waals surface area contributed by atoms with E-state index >= 15 is 0 Å². The summed E-state index contributed by atoms with van der Waals surface area (Å²) in [5, 5.41) is 10.4. The van der Waals surface area contributed by atoms with Gasteiger partial charge in [-0.1, -0.05) is 127 Å². The average Bonchev–Trinajstić information content (AvgIpc) is 3.96. The molecule has 6 heteroatoms. The third-order valence-corrected chi connectivity index (χ3v) is 11.6. The SMILES string of the molecule is C1=CCC(c2cccc(C3=NC(c4cccc5c4oc4ccccc45)NC(c4ccc5c(c4)oc4cccc(-n6c7ccccc7c7ccccc76)c45)=N3)c2)C=C1. The molecule has 1 aliphatic heterocycles. The Kier molecular flexibility index (Phi) is 7.01. The number of allylic oxidation sites excluding steroid dienone is 4. The second-order valence-electron chi connectivity index (χ2n) is 14.9. The Bertz CT molecular complexity index is 3340. The van der Waals surface area contributed by atoms with Gasteiger partial charge < -0.3 is 18.7 Å². The molecular weight excluding hydrogens is 701 g/mol. The number of amidine groups is 2. The highest BCUT2D eigenvalue weighted by Crippen LogP contribution is 2.40. The van der Waals surface area contributed by atoms with Gasteiger partial charge in [0, 0.05) is 49.5 Å². The molecule has 0 spiro atoms. The monoisotopic (exact) mass is 734 g/mol. The molecule has 270 valence electrons. The quantitative estimate of drug-likeness (QED) is 0.191. The van der Waals surface area contributed by atoms with Crippen molar-refractivity contribution in [2.75, 3.05) is 0 Å². The topological polar surface area (TPSA) is 68.0 Å². The number of rotatable bonds is 5. The minimum absolute atomic E-state index is 0.309. The predicted octanol–water partition coefficient (Wildman–Crippen LogP) is 12.7. The molecule has 2 aliphatic rings. The summed E-state index contributed by atoms with van der Waals surface area (Å²) < 4.78 is 15.6. The van der Waals surface area contributed by atoms with Crippen molar-refractivity contribution in [3.63, 3.8) is 0 Å². The van der Waals surface area contributed by atoms with Crippen LogP contribution in [-0.4, -0.2) is 16.2 Å². The van der Waals surface area contributed by atoms with E-state index in [1.165, 1.54) is 16.3 Å². The number of aromatic nitrogens is 1. The lowest BCUT2D eigenvalue weighted by Gasteiger charge is -2.24. The zero-order chi connectivity index (χ0) is 37.5. The Morgan fingerprint density at radius 1 is 0.579 bits per heavy atom. The molecule has 10 aromatic rings. The molecule has 2 unspecified atom stereocenters. The number of hydrogen-bond acceptors (Lipinski definition) is 5. The zero-order valence-corrected chi connectivity index (χ0v) is 30.8. The molecule has 2 atom stereocenters. The maximum absolute atomic E-state index is 6.69. The van der Waals surface area contributed by atoms with Crippen LogP contribution in [0, 0.1) is 0 Å². The number of benzene rings is 7. The molecule has 57 heavy (non-hydrogen) atoms. The van der Waals surface area contributed by atoms with Crippen LogP contribution in [-0.2, 0) is 0 Å². The molecule has 0 bridgehead atoms. The first-order valence-electron chi connectivity index (χ1n) is 19.5. The smallest absolute Gasteiger partial charge is 0.159 e. The Hall–Kier alpha value is -7.44. The normalized spacial score (nSPS) is 16.9. The minimum Gasteiger partial charge on any atom is -0.456 e. The zero-order valence-electron chi connectivity index (χ0n) is 30.8. The molecule has 0 radical (unpaired) electrons. The Morgan fingerprint density at radius 3 is 2.18 bits per heavy atom.